The predicted molar refractivity (Wildman–Crippen MR) is 68.9 cm³/mol. The zero-order valence-corrected chi connectivity index (χ0v) is 10.5. The summed E-state index contributed by atoms with van der Waals surface area (Å²) in [6, 6.07) is 7.23. The summed E-state index contributed by atoms with van der Waals surface area (Å²) in [5, 5.41) is 0. The molecule has 96 valence electrons. The van der Waals surface area contributed by atoms with Crippen LogP contribution >= 0.6 is 0 Å². The topological polar surface area (TPSA) is 46.6 Å². The quantitative estimate of drug-likeness (QED) is 0.464. The van der Waals surface area contributed by atoms with E-state index in [2.05, 4.69) is 4.90 Å². The Morgan fingerprint density at radius 1 is 1.22 bits per heavy atom. The van der Waals surface area contributed by atoms with Crippen LogP contribution in [0.2, 0.25) is 0 Å². The van der Waals surface area contributed by atoms with Crippen LogP contribution in [0.5, 0.6) is 0 Å². The van der Waals surface area contributed by atoms with Gasteiger partial charge in [-0.25, -0.2) is 4.79 Å². The third kappa shape index (κ3) is 2.53. The van der Waals surface area contributed by atoms with E-state index in [1.54, 1.807) is 19.1 Å². The standard InChI is InChI=1S/C14H17NO3/c1-2-18-14(17)13(16)11-7-3-4-8-12(11)15-9-5-6-10-15/h3-4,7-8H,2,5-6,9-10H2,1H3. The normalized spacial score (nSPS) is 14.6. The number of benzene rings is 1. The van der Waals surface area contributed by atoms with Crippen LogP contribution in [0.4, 0.5) is 5.69 Å². The molecule has 0 spiro atoms. The number of hydrogen-bond acceptors (Lipinski definition) is 4. The molecule has 0 bridgehead atoms. The number of Topliss-reactive ketones (excluding diaryl/α,β-unsaturated/α-hetero) is 1. The molecular weight excluding hydrogens is 230 g/mol. The van der Waals surface area contributed by atoms with Gasteiger partial charge in [0.15, 0.2) is 0 Å². The SMILES string of the molecule is CCOC(=O)C(=O)c1ccccc1N1CCCC1. The summed E-state index contributed by atoms with van der Waals surface area (Å²) in [6.45, 7) is 3.79. The summed E-state index contributed by atoms with van der Waals surface area (Å²) >= 11 is 0. The van der Waals surface area contributed by atoms with Gasteiger partial charge in [-0.15, -0.1) is 0 Å². The number of hydrogen-bond donors (Lipinski definition) is 0. The van der Waals surface area contributed by atoms with Gasteiger partial charge in [0.1, 0.15) is 0 Å². The van der Waals surface area contributed by atoms with Crippen LogP contribution in [0.1, 0.15) is 30.1 Å². The van der Waals surface area contributed by atoms with Crippen molar-refractivity contribution in [1.29, 1.82) is 0 Å². The van der Waals surface area contributed by atoms with E-state index in [-0.39, 0.29) is 6.61 Å². The molecular formula is C14H17NO3. The molecule has 4 heteroatoms. The number of carbonyl (C=O) groups is 2. The van der Waals surface area contributed by atoms with Crippen LogP contribution in [0.15, 0.2) is 24.3 Å². The molecule has 1 heterocycles. The zero-order valence-electron chi connectivity index (χ0n) is 10.5. The highest BCUT2D eigenvalue weighted by atomic mass is 16.5. The highest BCUT2D eigenvalue weighted by molar-refractivity contribution is 6.41. The number of para-hydroxylation sites is 1. The summed E-state index contributed by atoms with van der Waals surface area (Å²) in [5.74, 6) is -1.33. The number of ketones is 1. The van der Waals surface area contributed by atoms with Gasteiger partial charge in [-0.2, -0.15) is 0 Å². The number of esters is 1. The minimum atomic E-state index is -0.774. The maximum atomic E-state index is 12.0. The third-order valence-corrected chi connectivity index (χ3v) is 3.06. The summed E-state index contributed by atoms with van der Waals surface area (Å²) in [4.78, 5) is 25.7. The molecule has 1 aliphatic heterocycles. The second kappa shape index (κ2) is 5.67. The monoisotopic (exact) mass is 247 g/mol. The van der Waals surface area contributed by atoms with Crippen molar-refractivity contribution >= 4 is 17.4 Å². The van der Waals surface area contributed by atoms with E-state index >= 15 is 0 Å². The molecule has 0 saturated carbocycles. The molecule has 0 aliphatic carbocycles. The van der Waals surface area contributed by atoms with E-state index in [0.29, 0.717) is 5.56 Å². The molecule has 0 atom stereocenters. The van der Waals surface area contributed by atoms with Gasteiger partial charge in [-0.1, -0.05) is 12.1 Å². The molecule has 18 heavy (non-hydrogen) atoms. The lowest BCUT2D eigenvalue weighted by atomic mass is 10.1. The smallest absolute Gasteiger partial charge is 0.379 e. The van der Waals surface area contributed by atoms with Crippen molar-refractivity contribution in [2.24, 2.45) is 0 Å². The Kier molecular flexibility index (Phi) is 3.97. The van der Waals surface area contributed by atoms with Gasteiger partial charge >= 0.3 is 5.97 Å². The van der Waals surface area contributed by atoms with Crippen molar-refractivity contribution in [2.45, 2.75) is 19.8 Å². The molecule has 1 aromatic carbocycles. The molecule has 1 saturated heterocycles. The van der Waals surface area contributed by atoms with E-state index in [1.165, 1.54) is 0 Å². The van der Waals surface area contributed by atoms with Gasteiger partial charge < -0.3 is 9.64 Å². The summed E-state index contributed by atoms with van der Waals surface area (Å²) < 4.78 is 4.77. The van der Waals surface area contributed by atoms with E-state index < -0.39 is 11.8 Å². The lowest BCUT2D eigenvalue weighted by Gasteiger charge is -2.20. The Labute approximate surface area is 107 Å². The Hall–Kier alpha value is -1.84. The second-order valence-corrected chi connectivity index (χ2v) is 4.26. The zero-order chi connectivity index (χ0) is 13.0. The summed E-state index contributed by atoms with van der Waals surface area (Å²) in [5.41, 5.74) is 1.28. The average Bonchev–Trinajstić information content (AvgIpc) is 2.92. The number of carbonyl (C=O) groups excluding carboxylic acids is 2. The molecule has 0 N–H and O–H groups in total. The Bertz CT molecular complexity index is 450. The predicted octanol–water partition coefficient (Wildman–Crippen LogP) is 2.03. The molecule has 1 fully saturated rings. The largest absolute Gasteiger partial charge is 0.460 e. The lowest BCUT2D eigenvalue weighted by molar-refractivity contribution is -0.137. The first-order valence-electron chi connectivity index (χ1n) is 6.29. The molecule has 2 rings (SSSR count). The number of anilines is 1. The lowest BCUT2D eigenvalue weighted by Crippen LogP contribution is -2.24. The first-order chi connectivity index (χ1) is 8.74. The number of rotatable bonds is 4. The summed E-state index contributed by atoms with van der Waals surface area (Å²) in [7, 11) is 0. The first kappa shape index (κ1) is 12.6. The van der Waals surface area contributed by atoms with E-state index in [4.69, 9.17) is 4.74 Å². The highest BCUT2D eigenvalue weighted by Crippen LogP contribution is 2.25. The van der Waals surface area contributed by atoms with Gasteiger partial charge in [0, 0.05) is 18.8 Å². The first-order valence-corrected chi connectivity index (χ1v) is 6.29. The van der Waals surface area contributed by atoms with Crippen LogP contribution < -0.4 is 4.90 Å². The summed E-state index contributed by atoms with van der Waals surface area (Å²) in [6.07, 6.45) is 2.25. The number of nitrogens with zero attached hydrogens (tertiary/aromatic N) is 1. The fourth-order valence-corrected chi connectivity index (χ4v) is 2.21. The molecule has 4 nitrogen and oxygen atoms in total. The Balaban J connectivity index is 2.26. The van der Waals surface area contributed by atoms with Gasteiger partial charge in [0.2, 0.25) is 0 Å². The van der Waals surface area contributed by atoms with E-state index in [0.717, 1.165) is 31.6 Å². The molecule has 0 aromatic heterocycles. The maximum absolute atomic E-state index is 12.0. The number of ether oxygens (including phenoxy) is 1. The molecule has 0 amide bonds. The van der Waals surface area contributed by atoms with E-state index in [1.807, 2.05) is 12.1 Å². The van der Waals surface area contributed by atoms with Crippen LogP contribution in [0.25, 0.3) is 0 Å². The van der Waals surface area contributed by atoms with Gasteiger partial charge in [-0.05, 0) is 31.9 Å². The van der Waals surface area contributed by atoms with Crippen LogP contribution in [0.3, 0.4) is 0 Å². The third-order valence-electron chi connectivity index (χ3n) is 3.06. The van der Waals surface area contributed by atoms with Gasteiger partial charge in [-0.3, -0.25) is 4.79 Å². The van der Waals surface area contributed by atoms with Gasteiger partial charge in [0.05, 0.1) is 12.2 Å². The molecule has 0 unspecified atom stereocenters. The fourth-order valence-electron chi connectivity index (χ4n) is 2.21. The highest BCUT2D eigenvalue weighted by Gasteiger charge is 2.24. The fraction of sp³-hybridized carbons (Fsp3) is 0.429. The second-order valence-electron chi connectivity index (χ2n) is 4.26. The van der Waals surface area contributed by atoms with Crippen LogP contribution in [0, 0.1) is 0 Å². The van der Waals surface area contributed by atoms with Crippen molar-refractivity contribution in [3.63, 3.8) is 0 Å². The van der Waals surface area contributed by atoms with Crippen molar-refractivity contribution < 1.29 is 14.3 Å². The van der Waals surface area contributed by atoms with Crippen LogP contribution in [-0.4, -0.2) is 31.4 Å². The maximum Gasteiger partial charge on any atom is 0.379 e. The van der Waals surface area contributed by atoms with Crippen molar-refractivity contribution in [3.05, 3.63) is 29.8 Å². The Morgan fingerprint density at radius 3 is 2.56 bits per heavy atom. The minimum Gasteiger partial charge on any atom is -0.460 e. The van der Waals surface area contributed by atoms with Crippen molar-refractivity contribution in [2.75, 3.05) is 24.6 Å². The Morgan fingerprint density at radius 2 is 1.89 bits per heavy atom. The molecule has 0 radical (unpaired) electrons. The molecule has 1 aliphatic rings. The average molecular weight is 247 g/mol. The van der Waals surface area contributed by atoms with Gasteiger partial charge in [0.25, 0.3) is 5.78 Å². The molecule has 1 aromatic rings. The van der Waals surface area contributed by atoms with Crippen LogP contribution in [-0.2, 0) is 9.53 Å². The van der Waals surface area contributed by atoms with E-state index in [9.17, 15) is 9.59 Å². The minimum absolute atomic E-state index is 0.219. The van der Waals surface area contributed by atoms with Crippen molar-refractivity contribution in [3.8, 4) is 0 Å². The van der Waals surface area contributed by atoms with Crippen molar-refractivity contribution in [1.82, 2.24) is 0 Å².